The highest BCUT2D eigenvalue weighted by Crippen LogP contribution is 2.20. The molecule has 0 saturated carbocycles. The molecule has 1 saturated heterocycles. The minimum absolute atomic E-state index is 0.0559. The maximum atomic E-state index is 13.9. The van der Waals surface area contributed by atoms with Gasteiger partial charge in [0.2, 0.25) is 0 Å². The molecule has 138 valence electrons. The predicted octanol–water partition coefficient (Wildman–Crippen LogP) is 2.79. The predicted molar refractivity (Wildman–Crippen MR) is 103 cm³/mol. The summed E-state index contributed by atoms with van der Waals surface area (Å²) >= 11 is 0. The van der Waals surface area contributed by atoms with E-state index in [1.165, 1.54) is 6.07 Å². The van der Waals surface area contributed by atoms with Gasteiger partial charge in [0, 0.05) is 52.0 Å². The Labute approximate surface area is 154 Å². The maximum absolute atomic E-state index is 13.9. The lowest BCUT2D eigenvalue weighted by molar-refractivity contribution is 0.194. The summed E-state index contributed by atoms with van der Waals surface area (Å²) in [6.45, 7) is 3.78. The van der Waals surface area contributed by atoms with Crippen LogP contribution in [0.5, 0.6) is 0 Å². The van der Waals surface area contributed by atoms with Crippen LogP contribution in [0.2, 0.25) is 0 Å². The third kappa shape index (κ3) is 4.45. The Morgan fingerprint density at radius 1 is 1.04 bits per heavy atom. The molecule has 1 fully saturated rings. The van der Waals surface area contributed by atoms with Crippen molar-refractivity contribution in [2.24, 2.45) is 0 Å². The molecule has 6 heteroatoms. The van der Waals surface area contributed by atoms with Crippen molar-refractivity contribution in [2.75, 3.05) is 56.1 Å². The average molecular weight is 356 g/mol. The Bertz CT molecular complexity index is 717. The van der Waals surface area contributed by atoms with Crippen LogP contribution in [0.25, 0.3) is 0 Å². The van der Waals surface area contributed by atoms with Gasteiger partial charge in [0.05, 0.1) is 5.69 Å². The summed E-state index contributed by atoms with van der Waals surface area (Å²) in [5.41, 5.74) is 1.73. The molecule has 0 spiro atoms. The fourth-order valence-corrected chi connectivity index (χ4v) is 3.11. The van der Waals surface area contributed by atoms with E-state index in [1.807, 2.05) is 48.3 Å². The number of piperazine rings is 1. The van der Waals surface area contributed by atoms with Gasteiger partial charge in [0.25, 0.3) is 0 Å². The van der Waals surface area contributed by atoms with Gasteiger partial charge < -0.3 is 20.0 Å². The molecular weight excluding hydrogens is 331 g/mol. The molecule has 0 radical (unpaired) electrons. The van der Waals surface area contributed by atoms with Crippen LogP contribution in [0, 0.1) is 5.82 Å². The number of likely N-dealkylation sites (N-methyl/N-ethyl adjacent to an activating group) is 1. The van der Waals surface area contributed by atoms with Crippen molar-refractivity contribution in [3.05, 3.63) is 60.4 Å². The van der Waals surface area contributed by atoms with Crippen LogP contribution in [-0.2, 0) is 0 Å². The van der Waals surface area contributed by atoms with Gasteiger partial charge in [-0.15, -0.1) is 0 Å². The van der Waals surface area contributed by atoms with Crippen LogP contribution in [-0.4, -0.2) is 57.2 Å². The van der Waals surface area contributed by atoms with Crippen LogP contribution in [0.15, 0.2) is 54.6 Å². The van der Waals surface area contributed by atoms with Gasteiger partial charge in [-0.3, -0.25) is 0 Å². The van der Waals surface area contributed by atoms with E-state index in [2.05, 4.69) is 10.2 Å². The highest BCUT2D eigenvalue weighted by atomic mass is 19.1. The first kappa shape index (κ1) is 18.0. The van der Waals surface area contributed by atoms with Gasteiger partial charge in [-0.1, -0.05) is 30.3 Å². The molecule has 0 bridgehead atoms. The Morgan fingerprint density at radius 3 is 2.38 bits per heavy atom. The molecule has 1 aliphatic heterocycles. The topological polar surface area (TPSA) is 38.8 Å². The van der Waals surface area contributed by atoms with Gasteiger partial charge in [0.15, 0.2) is 0 Å². The molecule has 0 aromatic heterocycles. The highest BCUT2D eigenvalue weighted by molar-refractivity contribution is 5.74. The molecule has 1 aliphatic rings. The van der Waals surface area contributed by atoms with Crippen LogP contribution in [0.1, 0.15) is 0 Å². The number of para-hydroxylation sites is 2. The summed E-state index contributed by atoms with van der Waals surface area (Å²) in [6.07, 6.45) is 0. The molecule has 2 amide bonds. The number of urea groups is 1. The van der Waals surface area contributed by atoms with E-state index in [0.29, 0.717) is 38.4 Å². The molecule has 26 heavy (non-hydrogen) atoms. The number of amides is 2. The van der Waals surface area contributed by atoms with E-state index in [-0.39, 0.29) is 11.8 Å². The Kier molecular flexibility index (Phi) is 5.94. The van der Waals surface area contributed by atoms with E-state index >= 15 is 0 Å². The molecule has 2 aromatic carbocycles. The minimum atomic E-state index is -0.214. The van der Waals surface area contributed by atoms with Gasteiger partial charge in [0.1, 0.15) is 5.82 Å². The molecule has 2 aromatic rings. The molecule has 3 rings (SSSR count). The van der Waals surface area contributed by atoms with E-state index in [9.17, 15) is 9.18 Å². The first-order valence-corrected chi connectivity index (χ1v) is 8.93. The summed E-state index contributed by atoms with van der Waals surface area (Å²) in [5, 5.41) is 2.97. The summed E-state index contributed by atoms with van der Waals surface area (Å²) < 4.78 is 13.9. The van der Waals surface area contributed by atoms with Crippen molar-refractivity contribution >= 4 is 17.4 Å². The van der Waals surface area contributed by atoms with E-state index in [0.717, 1.165) is 12.2 Å². The molecule has 0 aliphatic carbocycles. The van der Waals surface area contributed by atoms with Crippen LogP contribution < -0.4 is 15.1 Å². The second-order valence-corrected chi connectivity index (χ2v) is 6.41. The lowest BCUT2D eigenvalue weighted by atomic mass is 10.2. The van der Waals surface area contributed by atoms with Crippen LogP contribution in [0.3, 0.4) is 0 Å². The van der Waals surface area contributed by atoms with Crippen LogP contribution in [0.4, 0.5) is 20.6 Å². The summed E-state index contributed by atoms with van der Waals surface area (Å²) in [5.74, 6) is -0.214. The molecule has 5 nitrogen and oxygen atoms in total. The number of hydrogen-bond acceptors (Lipinski definition) is 3. The number of halogens is 1. The third-order valence-electron chi connectivity index (χ3n) is 4.68. The molecular formula is C20H25FN4O. The van der Waals surface area contributed by atoms with Gasteiger partial charge in [-0.05, 0) is 24.3 Å². The number of nitrogens with zero attached hydrogens (tertiary/aromatic N) is 3. The Balaban J connectivity index is 1.42. The van der Waals surface area contributed by atoms with Gasteiger partial charge in [-0.25, -0.2) is 9.18 Å². The van der Waals surface area contributed by atoms with Gasteiger partial charge in [-0.2, -0.15) is 0 Å². The lowest BCUT2D eigenvalue weighted by Crippen LogP contribution is -2.52. The third-order valence-corrected chi connectivity index (χ3v) is 4.68. The Hall–Kier alpha value is -2.76. The number of nitrogens with one attached hydrogen (secondary N) is 1. The first-order valence-electron chi connectivity index (χ1n) is 8.93. The quantitative estimate of drug-likeness (QED) is 0.895. The van der Waals surface area contributed by atoms with E-state index < -0.39 is 0 Å². The molecule has 1 N–H and O–H groups in total. The fourth-order valence-electron chi connectivity index (χ4n) is 3.11. The SMILES string of the molecule is CN(CCNC(=O)N1CCN(c2ccccc2F)CC1)c1ccccc1. The fraction of sp³-hybridized carbons (Fsp3) is 0.350. The van der Waals surface area contributed by atoms with E-state index in [1.54, 1.807) is 17.0 Å². The number of hydrogen-bond donors (Lipinski definition) is 1. The zero-order valence-electron chi connectivity index (χ0n) is 15.1. The number of rotatable bonds is 5. The molecule has 0 atom stereocenters. The van der Waals surface area contributed by atoms with Crippen molar-refractivity contribution in [1.29, 1.82) is 0 Å². The summed E-state index contributed by atoms with van der Waals surface area (Å²) in [7, 11) is 2.01. The van der Waals surface area contributed by atoms with Crippen LogP contribution >= 0.6 is 0 Å². The second kappa shape index (κ2) is 8.56. The number of benzene rings is 2. The second-order valence-electron chi connectivity index (χ2n) is 6.41. The summed E-state index contributed by atoms with van der Waals surface area (Å²) in [6, 6.07) is 16.8. The van der Waals surface area contributed by atoms with Crippen molar-refractivity contribution in [3.8, 4) is 0 Å². The zero-order chi connectivity index (χ0) is 18.4. The normalized spacial score (nSPS) is 14.2. The number of carbonyl (C=O) groups excluding carboxylic acids is 1. The van der Waals surface area contributed by atoms with Crippen molar-refractivity contribution in [2.45, 2.75) is 0 Å². The Morgan fingerprint density at radius 2 is 1.69 bits per heavy atom. The minimum Gasteiger partial charge on any atom is -0.373 e. The lowest BCUT2D eigenvalue weighted by Gasteiger charge is -2.36. The average Bonchev–Trinajstić information content (AvgIpc) is 2.69. The maximum Gasteiger partial charge on any atom is 0.317 e. The molecule has 1 heterocycles. The largest absolute Gasteiger partial charge is 0.373 e. The zero-order valence-corrected chi connectivity index (χ0v) is 15.1. The van der Waals surface area contributed by atoms with E-state index in [4.69, 9.17) is 0 Å². The standard InChI is InChI=1S/C20H25FN4O/c1-23(17-7-3-2-4-8-17)12-11-22-20(26)25-15-13-24(14-16-25)19-10-6-5-9-18(19)21/h2-10H,11-16H2,1H3,(H,22,26). The molecule has 0 unspecified atom stereocenters. The van der Waals surface area contributed by atoms with Crippen molar-refractivity contribution in [3.63, 3.8) is 0 Å². The number of anilines is 2. The van der Waals surface area contributed by atoms with Crippen molar-refractivity contribution in [1.82, 2.24) is 10.2 Å². The number of carbonyl (C=O) groups is 1. The smallest absolute Gasteiger partial charge is 0.317 e. The van der Waals surface area contributed by atoms with Crippen molar-refractivity contribution < 1.29 is 9.18 Å². The highest BCUT2D eigenvalue weighted by Gasteiger charge is 2.22. The summed E-state index contributed by atoms with van der Waals surface area (Å²) in [4.78, 5) is 18.2. The first-order chi connectivity index (χ1) is 12.6. The van der Waals surface area contributed by atoms with Gasteiger partial charge >= 0.3 is 6.03 Å². The monoisotopic (exact) mass is 356 g/mol.